The first-order chi connectivity index (χ1) is 16.6. The summed E-state index contributed by atoms with van der Waals surface area (Å²) in [4.78, 5) is 0. The van der Waals surface area contributed by atoms with Crippen LogP contribution in [0.2, 0.25) is 0 Å². The molecule has 1 aliphatic rings. The highest BCUT2D eigenvalue weighted by atomic mass is 35.5. The van der Waals surface area contributed by atoms with Crippen LogP contribution in [0.3, 0.4) is 0 Å². The van der Waals surface area contributed by atoms with Crippen molar-refractivity contribution in [3.63, 3.8) is 0 Å². The van der Waals surface area contributed by atoms with Crippen LogP contribution in [0, 0.1) is 20.8 Å². The number of halogens is 1. The van der Waals surface area contributed by atoms with Gasteiger partial charge in [-0.1, -0.05) is 96.6 Å². The van der Waals surface area contributed by atoms with Crippen molar-refractivity contribution in [3.05, 3.63) is 119 Å². The molecule has 4 aromatic rings. The van der Waals surface area contributed by atoms with Crippen LogP contribution in [0.1, 0.15) is 40.7 Å². The molecule has 0 unspecified atom stereocenters. The molecule has 3 heteroatoms. The average Bonchev–Trinajstić information content (AvgIpc) is 2.87. The van der Waals surface area contributed by atoms with Crippen molar-refractivity contribution in [2.75, 3.05) is 7.11 Å². The standard InChI is InChI=1S/C19H17P.C13H18O.ClH/c1-16-9-8-14-19(15-16)20(17-10-4-2-5-11-17)18-12-6-3-7-13-18;1-9-8-11-6-4-5-7-12(11)13(14-3)10(9)2;/h2-15H,1H3;8H,4-7H2,1-3H3;1H. The largest absolute Gasteiger partial charge is 0.496 e. The van der Waals surface area contributed by atoms with Crippen molar-refractivity contribution in [3.8, 4) is 5.75 Å². The fraction of sp³-hybridized carbons (Fsp3) is 0.250. The minimum absolute atomic E-state index is 0. The lowest BCUT2D eigenvalue weighted by Crippen LogP contribution is -2.20. The number of hydrogen-bond donors (Lipinski definition) is 0. The second-order valence-corrected chi connectivity index (χ2v) is 11.3. The topological polar surface area (TPSA) is 9.23 Å². The van der Waals surface area contributed by atoms with E-state index in [4.69, 9.17) is 4.74 Å². The number of ether oxygens (including phenoxy) is 1. The number of aryl methyl sites for hydroxylation is 3. The molecule has 0 saturated carbocycles. The van der Waals surface area contributed by atoms with Gasteiger partial charge in [0.25, 0.3) is 0 Å². The Balaban J connectivity index is 0.000000202. The van der Waals surface area contributed by atoms with Crippen molar-refractivity contribution in [2.24, 2.45) is 0 Å². The molecule has 4 aromatic carbocycles. The second-order valence-electron chi connectivity index (χ2n) is 9.04. The molecule has 0 radical (unpaired) electrons. The quantitative estimate of drug-likeness (QED) is 0.265. The van der Waals surface area contributed by atoms with E-state index in [0.717, 1.165) is 5.75 Å². The molecule has 0 N–H and O–H groups in total. The summed E-state index contributed by atoms with van der Waals surface area (Å²) in [5.74, 6) is 1.14. The van der Waals surface area contributed by atoms with E-state index >= 15 is 0 Å². The molecule has 0 aromatic heterocycles. The Hall–Kier alpha value is -2.60. The summed E-state index contributed by atoms with van der Waals surface area (Å²) in [5.41, 5.74) is 6.97. The Bertz CT molecular complexity index is 1180. The van der Waals surface area contributed by atoms with Gasteiger partial charge in [-0.15, -0.1) is 12.4 Å². The average molecular weight is 503 g/mol. The van der Waals surface area contributed by atoms with Crippen molar-refractivity contribution < 1.29 is 4.74 Å². The van der Waals surface area contributed by atoms with Gasteiger partial charge in [0.2, 0.25) is 0 Å². The molecular formula is C32H36ClOP. The highest BCUT2D eigenvalue weighted by Gasteiger charge is 2.17. The third-order valence-corrected chi connectivity index (χ3v) is 9.02. The number of methoxy groups -OCH3 is 1. The molecule has 0 aliphatic heterocycles. The Labute approximate surface area is 218 Å². The summed E-state index contributed by atoms with van der Waals surface area (Å²) in [6.45, 7) is 6.49. The number of fused-ring (bicyclic) bond motifs is 1. The van der Waals surface area contributed by atoms with Crippen LogP contribution in [0.4, 0.5) is 0 Å². The molecular weight excluding hydrogens is 467 g/mol. The minimum Gasteiger partial charge on any atom is -0.496 e. The molecule has 0 bridgehead atoms. The third kappa shape index (κ3) is 6.54. The van der Waals surface area contributed by atoms with Gasteiger partial charge in [0, 0.05) is 0 Å². The molecule has 0 atom stereocenters. The predicted octanol–water partition coefficient (Wildman–Crippen LogP) is 7.37. The summed E-state index contributed by atoms with van der Waals surface area (Å²) in [6, 6.07) is 32.8. The number of benzene rings is 4. The molecule has 0 heterocycles. The third-order valence-electron chi connectivity index (χ3n) is 6.60. The van der Waals surface area contributed by atoms with Crippen molar-refractivity contribution >= 4 is 36.2 Å². The van der Waals surface area contributed by atoms with Gasteiger partial charge in [0.15, 0.2) is 0 Å². The summed E-state index contributed by atoms with van der Waals surface area (Å²) < 4.78 is 5.52. The van der Waals surface area contributed by atoms with Gasteiger partial charge in [-0.3, -0.25) is 0 Å². The van der Waals surface area contributed by atoms with Crippen LogP contribution in [0.15, 0.2) is 91.0 Å². The number of hydrogen-bond acceptors (Lipinski definition) is 1. The Morgan fingerprint density at radius 1 is 0.657 bits per heavy atom. The zero-order valence-corrected chi connectivity index (χ0v) is 23.0. The lowest BCUT2D eigenvalue weighted by Gasteiger charge is -2.21. The Kier molecular flexibility index (Phi) is 9.96. The van der Waals surface area contributed by atoms with E-state index in [0.29, 0.717) is 0 Å². The SMILES string of the molecule is COc1c(C)c(C)cc2c1CCCC2.Cc1cccc(P(c2ccccc2)c2ccccc2)c1.Cl. The molecule has 0 spiro atoms. The normalized spacial score (nSPS) is 12.1. The summed E-state index contributed by atoms with van der Waals surface area (Å²) in [7, 11) is 1.33. The van der Waals surface area contributed by atoms with Crippen LogP contribution >= 0.6 is 20.3 Å². The molecule has 1 aliphatic carbocycles. The van der Waals surface area contributed by atoms with E-state index < -0.39 is 7.92 Å². The summed E-state index contributed by atoms with van der Waals surface area (Å²) >= 11 is 0. The first-order valence-corrected chi connectivity index (χ1v) is 13.6. The molecule has 0 amide bonds. The maximum Gasteiger partial charge on any atom is 0.125 e. The van der Waals surface area contributed by atoms with E-state index in [2.05, 4.69) is 112 Å². The smallest absolute Gasteiger partial charge is 0.125 e. The maximum atomic E-state index is 5.52. The van der Waals surface area contributed by atoms with Gasteiger partial charge in [0.1, 0.15) is 5.75 Å². The van der Waals surface area contributed by atoms with Gasteiger partial charge >= 0.3 is 0 Å². The molecule has 35 heavy (non-hydrogen) atoms. The van der Waals surface area contributed by atoms with E-state index in [-0.39, 0.29) is 12.4 Å². The Morgan fingerprint density at radius 2 is 1.23 bits per heavy atom. The fourth-order valence-corrected chi connectivity index (χ4v) is 7.17. The molecule has 0 fully saturated rings. The van der Waals surface area contributed by atoms with Crippen LogP contribution in [0.5, 0.6) is 5.75 Å². The first-order valence-electron chi connectivity index (χ1n) is 12.2. The zero-order valence-electron chi connectivity index (χ0n) is 21.3. The van der Waals surface area contributed by atoms with Gasteiger partial charge in [0.05, 0.1) is 7.11 Å². The summed E-state index contributed by atoms with van der Waals surface area (Å²) in [6.07, 6.45) is 5.07. The van der Waals surface area contributed by atoms with E-state index in [9.17, 15) is 0 Å². The van der Waals surface area contributed by atoms with Crippen LogP contribution in [0.25, 0.3) is 0 Å². The van der Waals surface area contributed by atoms with E-state index in [1.807, 2.05) is 0 Å². The monoisotopic (exact) mass is 502 g/mol. The maximum absolute atomic E-state index is 5.52. The first kappa shape index (κ1) is 27.0. The molecule has 5 rings (SSSR count). The lowest BCUT2D eigenvalue weighted by atomic mass is 9.87. The highest BCUT2D eigenvalue weighted by molar-refractivity contribution is 7.79. The lowest BCUT2D eigenvalue weighted by molar-refractivity contribution is 0.402. The zero-order chi connectivity index (χ0) is 23.9. The fourth-order valence-electron chi connectivity index (χ4n) is 4.77. The Morgan fingerprint density at radius 3 is 1.80 bits per heavy atom. The van der Waals surface area contributed by atoms with Crippen LogP contribution in [-0.2, 0) is 12.8 Å². The van der Waals surface area contributed by atoms with E-state index in [1.54, 1.807) is 7.11 Å². The van der Waals surface area contributed by atoms with Gasteiger partial charge in [-0.05, 0) is 92.5 Å². The van der Waals surface area contributed by atoms with Gasteiger partial charge in [-0.2, -0.15) is 0 Å². The second kappa shape index (κ2) is 12.9. The predicted molar refractivity (Wildman–Crippen MR) is 156 cm³/mol. The van der Waals surface area contributed by atoms with E-state index in [1.165, 1.54) is 69.4 Å². The highest BCUT2D eigenvalue weighted by Crippen LogP contribution is 2.34. The minimum atomic E-state index is -0.462. The van der Waals surface area contributed by atoms with Crippen molar-refractivity contribution in [2.45, 2.75) is 46.5 Å². The molecule has 182 valence electrons. The number of rotatable bonds is 4. The van der Waals surface area contributed by atoms with Gasteiger partial charge < -0.3 is 4.74 Å². The van der Waals surface area contributed by atoms with Crippen LogP contribution < -0.4 is 20.7 Å². The molecule has 0 saturated heterocycles. The van der Waals surface area contributed by atoms with Crippen molar-refractivity contribution in [1.29, 1.82) is 0 Å². The van der Waals surface area contributed by atoms with Gasteiger partial charge in [-0.25, -0.2) is 0 Å². The molecule has 1 nitrogen and oxygen atoms in total. The summed E-state index contributed by atoms with van der Waals surface area (Å²) in [5, 5.41) is 4.22. The van der Waals surface area contributed by atoms with Crippen molar-refractivity contribution in [1.82, 2.24) is 0 Å². The van der Waals surface area contributed by atoms with Crippen LogP contribution in [-0.4, -0.2) is 7.11 Å².